The normalized spacial score (nSPS) is 15.1. The number of thioether (sulfide) groups is 2. The molecule has 1 fully saturated rings. The first-order valence-electron chi connectivity index (χ1n) is 6.12. The molecule has 2 amide bonds. The fourth-order valence-corrected chi connectivity index (χ4v) is 3.14. The first-order chi connectivity index (χ1) is 9.04. The predicted octanol–water partition coefficient (Wildman–Crippen LogP) is 1.74. The van der Waals surface area contributed by atoms with E-state index in [0.717, 1.165) is 11.8 Å². The maximum absolute atomic E-state index is 11.5. The van der Waals surface area contributed by atoms with E-state index >= 15 is 0 Å². The van der Waals surface area contributed by atoms with Crippen molar-refractivity contribution in [2.45, 2.75) is 26.2 Å². The van der Waals surface area contributed by atoms with Crippen molar-refractivity contribution in [2.24, 2.45) is 0 Å². The highest BCUT2D eigenvalue weighted by molar-refractivity contribution is 8.14. The van der Waals surface area contributed by atoms with Crippen molar-refractivity contribution in [1.82, 2.24) is 4.90 Å². The molecule has 0 N–H and O–H groups in total. The molecular formula is C12H17NO4S2. The molecule has 0 aromatic rings. The van der Waals surface area contributed by atoms with Crippen molar-refractivity contribution >= 4 is 46.2 Å². The monoisotopic (exact) mass is 303 g/mol. The number of hydrogen-bond acceptors (Lipinski definition) is 6. The molecule has 0 spiro atoms. The third kappa shape index (κ3) is 5.78. The second kappa shape index (κ2) is 8.37. The maximum atomic E-state index is 11.5. The van der Waals surface area contributed by atoms with Gasteiger partial charge in [-0.3, -0.25) is 24.1 Å². The lowest BCUT2D eigenvalue weighted by molar-refractivity contribution is -0.125. The van der Waals surface area contributed by atoms with E-state index in [-0.39, 0.29) is 28.5 Å². The summed E-state index contributed by atoms with van der Waals surface area (Å²) in [7, 11) is 0. The van der Waals surface area contributed by atoms with Crippen molar-refractivity contribution < 1.29 is 19.2 Å². The molecule has 5 nitrogen and oxygen atoms in total. The Hall–Kier alpha value is -0.820. The van der Waals surface area contributed by atoms with Gasteiger partial charge in [0.2, 0.25) is 5.91 Å². The van der Waals surface area contributed by atoms with Crippen LogP contribution in [0.25, 0.3) is 0 Å². The van der Waals surface area contributed by atoms with Gasteiger partial charge in [-0.05, 0) is 6.42 Å². The number of carbonyl (C=O) groups excluding carboxylic acids is 4. The lowest BCUT2D eigenvalue weighted by Gasteiger charge is -2.11. The number of rotatable bonds is 9. The van der Waals surface area contributed by atoms with Gasteiger partial charge in [0.05, 0.1) is 17.3 Å². The molecule has 1 saturated heterocycles. The third-order valence-corrected chi connectivity index (χ3v) is 4.51. The lowest BCUT2D eigenvalue weighted by atomic mass is 10.2. The van der Waals surface area contributed by atoms with Gasteiger partial charge in [-0.1, -0.05) is 18.7 Å². The molecule has 7 heteroatoms. The standard InChI is InChI=1S/C12H17NO4S2/c1-2-9(14)6-18-7-10(15)4-3-5-13-11(16)8-19-12(13)17/h2-8H2,1H3. The molecule has 0 radical (unpaired) electrons. The summed E-state index contributed by atoms with van der Waals surface area (Å²) in [6.07, 6.45) is 1.34. The molecule has 0 bridgehead atoms. The zero-order chi connectivity index (χ0) is 14.3. The summed E-state index contributed by atoms with van der Waals surface area (Å²) in [5.74, 6) is 0.931. The van der Waals surface area contributed by atoms with Crippen LogP contribution in [0, 0.1) is 0 Å². The van der Waals surface area contributed by atoms with E-state index < -0.39 is 0 Å². The third-order valence-electron chi connectivity index (χ3n) is 2.60. The highest BCUT2D eigenvalue weighted by Crippen LogP contribution is 2.19. The number of nitrogens with zero attached hydrogens (tertiary/aromatic N) is 1. The van der Waals surface area contributed by atoms with Gasteiger partial charge in [0, 0.05) is 19.4 Å². The molecule has 0 atom stereocenters. The smallest absolute Gasteiger partial charge is 0.288 e. The van der Waals surface area contributed by atoms with Gasteiger partial charge in [-0.25, -0.2) is 0 Å². The minimum Gasteiger partial charge on any atom is -0.299 e. The van der Waals surface area contributed by atoms with E-state index in [1.54, 1.807) is 6.92 Å². The number of ketones is 2. The van der Waals surface area contributed by atoms with Crippen LogP contribution in [-0.2, 0) is 14.4 Å². The zero-order valence-electron chi connectivity index (χ0n) is 10.8. The minimum atomic E-state index is -0.222. The fraction of sp³-hybridized carbons (Fsp3) is 0.667. The number of carbonyl (C=O) groups is 4. The highest BCUT2D eigenvalue weighted by Gasteiger charge is 2.29. The summed E-state index contributed by atoms with van der Waals surface area (Å²) in [6.45, 7) is 2.11. The van der Waals surface area contributed by atoms with Gasteiger partial charge in [-0.15, -0.1) is 11.8 Å². The summed E-state index contributed by atoms with van der Waals surface area (Å²) < 4.78 is 0. The molecule has 106 valence electrons. The molecule has 0 aromatic carbocycles. The Labute approximate surface area is 120 Å². The van der Waals surface area contributed by atoms with E-state index in [2.05, 4.69) is 0 Å². The molecule has 0 aromatic heterocycles. The molecule has 0 saturated carbocycles. The molecule has 1 rings (SSSR count). The summed E-state index contributed by atoms with van der Waals surface area (Å²) in [6, 6.07) is 0. The van der Waals surface area contributed by atoms with E-state index in [1.165, 1.54) is 16.7 Å². The quantitative estimate of drug-likeness (QED) is 0.646. The molecule has 1 aliphatic heterocycles. The van der Waals surface area contributed by atoms with E-state index in [1.807, 2.05) is 0 Å². The average Bonchev–Trinajstić information content (AvgIpc) is 2.70. The van der Waals surface area contributed by atoms with Gasteiger partial charge in [0.15, 0.2) is 0 Å². The van der Waals surface area contributed by atoms with Crippen LogP contribution in [0.3, 0.4) is 0 Å². The van der Waals surface area contributed by atoms with Crippen molar-refractivity contribution in [3.63, 3.8) is 0 Å². The predicted molar refractivity (Wildman–Crippen MR) is 76.4 cm³/mol. The Balaban J connectivity index is 2.12. The van der Waals surface area contributed by atoms with Gasteiger partial charge in [-0.2, -0.15) is 0 Å². The molecule has 0 unspecified atom stereocenters. The minimum absolute atomic E-state index is 0.0562. The van der Waals surface area contributed by atoms with E-state index in [9.17, 15) is 19.2 Å². The zero-order valence-corrected chi connectivity index (χ0v) is 12.5. The molecule has 1 heterocycles. The molecule has 1 aliphatic rings. The van der Waals surface area contributed by atoms with Crippen LogP contribution in [0.15, 0.2) is 0 Å². The average molecular weight is 303 g/mol. The van der Waals surface area contributed by atoms with Crippen LogP contribution in [-0.4, -0.2) is 51.4 Å². The van der Waals surface area contributed by atoms with Gasteiger partial charge in [0.1, 0.15) is 11.6 Å². The summed E-state index contributed by atoms with van der Waals surface area (Å²) in [4.78, 5) is 46.3. The number of imide groups is 1. The second-order valence-electron chi connectivity index (χ2n) is 4.13. The van der Waals surface area contributed by atoms with Crippen molar-refractivity contribution in [3.8, 4) is 0 Å². The van der Waals surface area contributed by atoms with E-state index in [4.69, 9.17) is 0 Å². The lowest BCUT2D eigenvalue weighted by Crippen LogP contribution is -2.29. The topological polar surface area (TPSA) is 71.5 Å². The van der Waals surface area contributed by atoms with Crippen molar-refractivity contribution in [3.05, 3.63) is 0 Å². The maximum Gasteiger partial charge on any atom is 0.288 e. The molecular weight excluding hydrogens is 286 g/mol. The van der Waals surface area contributed by atoms with Crippen LogP contribution >= 0.6 is 23.5 Å². The van der Waals surface area contributed by atoms with E-state index in [0.29, 0.717) is 37.3 Å². The van der Waals surface area contributed by atoms with Crippen molar-refractivity contribution in [2.75, 3.05) is 23.8 Å². The molecule has 0 aliphatic carbocycles. The number of amides is 2. The van der Waals surface area contributed by atoms with Crippen LogP contribution in [0.2, 0.25) is 0 Å². The molecule has 19 heavy (non-hydrogen) atoms. The highest BCUT2D eigenvalue weighted by atomic mass is 32.2. The Bertz CT molecular complexity index is 368. The van der Waals surface area contributed by atoms with Gasteiger partial charge < -0.3 is 0 Å². The Morgan fingerprint density at radius 2 is 1.95 bits per heavy atom. The fourth-order valence-electron chi connectivity index (χ4n) is 1.48. The largest absolute Gasteiger partial charge is 0.299 e. The number of hydrogen-bond donors (Lipinski definition) is 0. The summed E-state index contributed by atoms with van der Waals surface area (Å²) >= 11 is 2.33. The van der Waals surface area contributed by atoms with Gasteiger partial charge >= 0.3 is 0 Å². The number of Topliss-reactive ketones (excluding diaryl/α,β-unsaturated/α-hetero) is 2. The summed E-state index contributed by atoms with van der Waals surface area (Å²) in [5.41, 5.74) is 0. The first-order valence-corrected chi connectivity index (χ1v) is 8.27. The SMILES string of the molecule is CCC(=O)CSCC(=O)CCCN1C(=O)CSC1=O. The Morgan fingerprint density at radius 1 is 1.26 bits per heavy atom. The van der Waals surface area contributed by atoms with Crippen molar-refractivity contribution in [1.29, 1.82) is 0 Å². The Morgan fingerprint density at radius 3 is 2.53 bits per heavy atom. The van der Waals surface area contributed by atoms with Gasteiger partial charge in [0.25, 0.3) is 5.24 Å². The Kier molecular flexibility index (Phi) is 7.15. The van der Waals surface area contributed by atoms with Crippen LogP contribution in [0.5, 0.6) is 0 Å². The first kappa shape index (κ1) is 16.2. The summed E-state index contributed by atoms with van der Waals surface area (Å²) in [5, 5.41) is -0.222. The van der Waals surface area contributed by atoms with Crippen LogP contribution in [0.1, 0.15) is 26.2 Å². The second-order valence-corrected chi connectivity index (χ2v) is 6.04. The van der Waals surface area contributed by atoms with Crippen LogP contribution < -0.4 is 0 Å². The van der Waals surface area contributed by atoms with Crippen LogP contribution in [0.4, 0.5) is 4.79 Å².